The molecular weight excluding hydrogens is 234 g/mol. The SMILES string of the molecule is CC1(C(=O)c2ccccc2C2CCC2)CCCNC1. The molecule has 102 valence electrons. The third kappa shape index (κ3) is 2.34. The van der Waals surface area contributed by atoms with E-state index in [-0.39, 0.29) is 5.41 Å². The highest BCUT2D eigenvalue weighted by Crippen LogP contribution is 2.40. The molecule has 0 aromatic heterocycles. The third-order valence-electron chi connectivity index (χ3n) is 4.90. The van der Waals surface area contributed by atoms with Gasteiger partial charge in [-0.05, 0) is 43.7 Å². The Morgan fingerprint density at radius 1 is 1.26 bits per heavy atom. The van der Waals surface area contributed by atoms with E-state index < -0.39 is 0 Å². The van der Waals surface area contributed by atoms with Crippen LogP contribution < -0.4 is 5.32 Å². The molecule has 1 unspecified atom stereocenters. The van der Waals surface area contributed by atoms with E-state index in [9.17, 15) is 4.79 Å². The molecule has 1 aromatic rings. The number of nitrogens with one attached hydrogen (secondary N) is 1. The monoisotopic (exact) mass is 257 g/mol. The van der Waals surface area contributed by atoms with E-state index in [0.29, 0.717) is 11.7 Å². The Morgan fingerprint density at radius 2 is 2.05 bits per heavy atom. The maximum absolute atomic E-state index is 12.9. The number of carbonyl (C=O) groups excluding carboxylic acids is 1. The number of carbonyl (C=O) groups is 1. The highest BCUT2D eigenvalue weighted by Gasteiger charge is 2.37. The number of hydrogen-bond acceptors (Lipinski definition) is 2. The zero-order valence-corrected chi connectivity index (χ0v) is 11.7. The lowest BCUT2D eigenvalue weighted by Crippen LogP contribution is -2.43. The number of hydrogen-bond donors (Lipinski definition) is 1. The van der Waals surface area contributed by atoms with Crippen LogP contribution in [0.15, 0.2) is 24.3 Å². The van der Waals surface area contributed by atoms with Gasteiger partial charge in [0.15, 0.2) is 5.78 Å². The fraction of sp³-hybridized carbons (Fsp3) is 0.588. The first-order valence-corrected chi connectivity index (χ1v) is 7.55. The zero-order valence-electron chi connectivity index (χ0n) is 11.7. The molecule has 2 nitrogen and oxygen atoms in total. The lowest BCUT2D eigenvalue weighted by Gasteiger charge is -2.35. The van der Waals surface area contributed by atoms with Crippen LogP contribution in [0.3, 0.4) is 0 Å². The first-order chi connectivity index (χ1) is 9.21. The lowest BCUT2D eigenvalue weighted by molar-refractivity contribution is 0.0770. The Balaban J connectivity index is 1.90. The van der Waals surface area contributed by atoms with Gasteiger partial charge in [-0.15, -0.1) is 0 Å². The van der Waals surface area contributed by atoms with Gasteiger partial charge >= 0.3 is 0 Å². The van der Waals surface area contributed by atoms with Crippen molar-refractivity contribution in [2.45, 2.75) is 44.9 Å². The molecule has 1 saturated heterocycles. The molecule has 0 bridgehead atoms. The van der Waals surface area contributed by atoms with Gasteiger partial charge in [-0.1, -0.05) is 37.6 Å². The van der Waals surface area contributed by atoms with Gasteiger partial charge in [0.05, 0.1) is 0 Å². The van der Waals surface area contributed by atoms with Crippen LogP contribution in [0.4, 0.5) is 0 Å². The van der Waals surface area contributed by atoms with Crippen LogP contribution in [0.2, 0.25) is 0 Å². The van der Waals surface area contributed by atoms with E-state index in [2.05, 4.69) is 24.4 Å². The summed E-state index contributed by atoms with van der Waals surface area (Å²) in [5, 5.41) is 3.38. The third-order valence-corrected chi connectivity index (χ3v) is 4.90. The van der Waals surface area contributed by atoms with Crippen molar-refractivity contribution in [1.29, 1.82) is 0 Å². The summed E-state index contributed by atoms with van der Waals surface area (Å²) in [5.74, 6) is 0.975. The predicted molar refractivity (Wildman–Crippen MR) is 77.6 cm³/mol. The summed E-state index contributed by atoms with van der Waals surface area (Å²) in [6.45, 7) is 4.00. The van der Waals surface area contributed by atoms with Crippen molar-refractivity contribution in [1.82, 2.24) is 5.32 Å². The molecule has 0 radical (unpaired) electrons. The fourth-order valence-electron chi connectivity index (χ4n) is 3.35. The van der Waals surface area contributed by atoms with Crippen LogP contribution in [0.1, 0.15) is 60.9 Å². The van der Waals surface area contributed by atoms with Gasteiger partial charge in [0.2, 0.25) is 0 Å². The van der Waals surface area contributed by atoms with Crippen molar-refractivity contribution in [3.05, 3.63) is 35.4 Å². The van der Waals surface area contributed by atoms with Crippen LogP contribution in [0.5, 0.6) is 0 Å². The van der Waals surface area contributed by atoms with Gasteiger partial charge < -0.3 is 5.32 Å². The number of piperidine rings is 1. The molecule has 1 aliphatic heterocycles. The summed E-state index contributed by atoms with van der Waals surface area (Å²) in [6, 6.07) is 8.29. The van der Waals surface area contributed by atoms with Crippen LogP contribution in [0.25, 0.3) is 0 Å². The molecule has 1 saturated carbocycles. The van der Waals surface area contributed by atoms with Gasteiger partial charge in [0, 0.05) is 17.5 Å². The standard InChI is InChI=1S/C17H23NO/c1-17(10-5-11-18-12-17)16(19)15-9-3-2-8-14(15)13-6-4-7-13/h2-3,8-9,13,18H,4-7,10-12H2,1H3. The number of ketones is 1. The second-order valence-electron chi connectivity index (χ2n) is 6.39. The molecule has 1 atom stereocenters. The van der Waals surface area contributed by atoms with Gasteiger partial charge in [-0.3, -0.25) is 4.79 Å². The van der Waals surface area contributed by atoms with Gasteiger partial charge in [-0.2, -0.15) is 0 Å². The molecule has 19 heavy (non-hydrogen) atoms. The normalized spacial score (nSPS) is 27.8. The zero-order chi connectivity index (χ0) is 13.3. The fourth-order valence-corrected chi connectivity index (χ4v) is 3.35. The molecule has 0 amide bonds. The summed E-state index contributed by atoms with van der Waals surface area (Å²) < 4.78 is 0. The summed E-state index contributed by atoms with van der Waals surface area (Å²) in [6.07, 6.45) is 5.93. The van der Waals surface area contributed by atoms with Gasteiger partial charge in [0.1, 0.15) is 0 Å². The Morgan fingerprint density at radius 3 is 2.68 bits per heavy atom. The van der Waals surface area contributed by atoms with E-state index in [0.717, 1.165) is 31.5 Å². The van der Waals surface area contributed by atoms with Crippen molar-refractivity contribution < 1.29 is 4.79 Å². The average molecular weight is 257 g/mol. The predicted octanol–water partition coefficient (Wildman–Crippen LogP) is 3.53. The first-order valence-electron chi connectivity index (χ1n) is 7.55. The van der Waals surface area contributed by atoms with Crippen molar-refractivity contribution in [2.75, 3.05) is 13.1 Å². The van der Waals surface area contributed by atoms with Crippen molar-refractivity contribution in [2.24, 2.45) is 5.41 Å². The smallest absolute Gasteiger partial charge is 0.170 e. The number of benzene rings is 1. The number of Topliss-reactive ketones (excluding diaryl/α,β-unsaturated/α-hetero) is 1. The Kier molecular flexibility index (Phi) is 3.44. The van der Waals surface area contributed by atoms with Crippen LogP contribution in [0, 0.1) is 5.41 Å². The summed E-state index contributed by atoms with van der Waals surface area (Å²) in [4.78, 5) is 12.9. The molecule has 1 N–H and O–H groups in total. The Bertz CT molecular complexity index is 470. The Hall–Kier alpha value is -1.15. The highest BCUT2D eigenvalue weighted by molar-refractivity contribution is 6.02. The largest absolute Gasteiger partial charge is 0.316 e. The molecule has 0 spiro atoms. The van der Waals surface area contributed by atoms with E-state index in [4.69, 9.17) is 0 Å². The van der Waals surface area contributed by atoms with E-state index in [1.165, 1.54) is 24.8 Å². The maximum Gasteiger partial charge on any atom is 0.170 e. The molecule has 2 fully saturated rings. The minimum Gasteiger partial charge on any atom is -0.316 e. The first kappa shape index (κ1) is 12.9. The summed E-state index contributed by atoms with van der Waals surface area (Å²) in [5.41, 5.74) is 2.07. The molecule has 3 rings (SSSR count). The summed E-state index contributed by atoms with van der Waals surface area (Å²) >= 11 is 0. The number of rotatable bonds is 3. The second kappa shape index (κ2) is 5.09. The second-order valence-corrected chi connectivity index (χ2v) is 6.39. The van der Waals surface area contributed by atoms with Crippen molar-refractivity contribution in [3.63, 3.8) is 0 Å². The van der Waals surface area contributed by atoms with Gasteiger partial charge in [-0.25, -0.2) is 0 Å². The van der Waals surface area contributed by atoms with Crippen LogP contribution in [-0.2, 0) is 0 Å². The van der Waals surface area contributed by atoms with E-state index in [1.54, 1.807) is 0 Å². The molecule has 1 heterocycles. The molecule has 1 aliphatic carbocycles. The van der Waals surface area contributed by atoms with E-state index in [1.807, 2.05) is 12.1 Å². The molecular formula is C17H23NO. The van der Waals surface area contributed by atoms with Crippen LogP contribution >= 0.6 is 0 Å². The van der Waals surface area contributed by atoms with E-state index >= 15 is 0 Å². The topological polar surface area (TPSA) is 29.1 Å². The molecule has 2 heteroatoms. The molecule has 2 aliphatic rings. The van der Waals surface area contributed by atoms with Crippen LogP contribution in [-0.4, -0.2) is 18.9 Å². The highest BCUT2D eigenvalue weighted by atomic mass is 16.1. The Labute approximate surface area is 115 Å². The quantitative estimate of drug-likeness (QED) is 0.839. The minimum absolute atomic E-state index is 0.210. The maximum atomic E-state index is 12.9. The minimum atomic E-state index is -0.210. The summed E-state index contributed by atoms with van der Waals surface area (Å²) in [7, 11) is 0. The van der Waals surface area contributed by atoms with Crippen molar-refractivity contribution in [3.8, 4) is 0 Å². The molecule has 1 aromatic carbocycles. The van der Waals surface area contributed by atoms with Gasteiger partial charge in [0.25, 0.3) is 0 Å². The lowest BCUT2D eigenvalue weighted by atomic mass is 9.72. The average Bonchev–Trinajstić information content (AvgIpc) is 2.37. The van der Waals surface area contributed by atoms with Crippen molar-refractivity contribution >= 4 is 5.78 Å².